The van der Waals surface area contributed by atoms with E-state index in [-0.39, 0.29) is 11.9 Å². The van der Waals surface area contributed by atoms with Crippen LogP contribution in [0.1, 0.15) is 29.8 Å². The fraction of sp³-hybridized carbons (Fsp3) is 0.227. The molecule has 2 heterocycles. The van der Waals surface area contributed by atoms with E-state index in [1.54, 1.807) is 12.4 Å². The molecular formula is C22H22N4O2. The molecule has 1 unspecified atom stereocenters. The number of anilines is 3. The largest absolute Gasteiger partial charge is 0.494 e. The Balaban J connectivity index is 1.48. The van der Waals surface area contributed by atoms with E-state index in [1.807, 2.05) is 54.3 Å². The highest BCUT2D eigenvalue weighted by Crippen LogP contribution is 2.33. The second-order valence-corrected chi connectivity index (χ2v) is 6.73. The Morgan fingerprint density at radius 1 is 1.14 bits per heavy atom. The molecule has 1 amide bonds. The monoisotopic (exact) mass is 374 g/mol. The maximum absolute atomic E-state index is 13.0. The van der Waals surface area contributed by atoms with Crippen LogP contribution in [-0.4, -0.2) is 28.5 Å². The smallest absolute Gasteiger partial charge is 0.261 e. The number of hydrogen-bond donors (Lipinski definition) is 1. The number of nitrogens with zero attached hydrogens (tertiary/aromatic N) is 3. The first-order valence-corrected chi connectivity index (χ1v) is 9.39. The van der Waals surface area contributed by atoms with Gasteiger partial charge in [-0.25, -0.2) is 9.97 Å². The lowest BCUT2D eigenvalue weighted by molar-refractivity contribution is 0.0981. The molecule has 142 valence electrons. The van der Waals surface area contributed by atoms with Crippen molar-refractivity contribution in [1.82, 2.24) is 9.97 Å². The predicted molar refractivity (Wildman–Crippen MR) is 109 cm³/mol. The summed E-state index contributed by atoms with van der Waals surface area (Å²) in [6, 6.07) is 15.7. The first kappa shape index (κ1) is 18.0. The van der Waals surface area contributed by atoms with Gasteiger partial charge in [0.05, 0.1) is 12.2 Å². The average molecular weight is 374 g/mol. The fourth-order valence-electron chi connectivity index (χ4n) is 3.45. The number of carbonyl (C=O) groups excluding carboxylic acids is 1. The van der Waals surface area contributed by atoms with Gasteiger partial charge in [0.15, 0.2) is 0 Å². The van der Waals surface area contributed by atoms with Crippen LogP contribution < -0.4 is 15.0 Å². The van der Waals surface area contributed by atoms with E-state index in [2.05, 4.69) is 28.3 Å². The molecule has 0 fully saturated rings. The van der Waals surface area contributed by atoms with Crippen molar-refractivity contribution in [2.75, 3.05) is 16.8 Å². The number of aromatic nitrogens is 2. The highest BCUT2D eigenvalue weighted by Gasteiger charge is 2.31. The molecule has 0 saturated heterocycles. The van der Waals surface area contributed by atoms with Crippen molar-refractivity contribution in [2.45, 2.75) is 26.3 Å². The highest BCUT2D eigenvalue weighted by atomic mass is 16.5. The van der Waals surface area contributed by atoms with Gasteiger partial charge in [-0.05, 0) is 56.2 Å². The van der Waals surface area contributed by atoms with Gasteiger partial charge in [0.1, 0.15) is 5.75 Å². The van der Waals surface area contributed by atoms with E-state index >= 15 is 0 Å². The third-order valence-electron chi connectivity index (χ3n) is 4.75. The summed E-state index contributed by atoms with van der Waals surface area (Å²) in [4.78, 5) is 23.4. The average Bonchev–Trinajstić information content (AvgIpc) is 3.05. The van der Waals surface area contributed by atoms with Crippen molar-refractivity contribution in [1.29, 1.82) is 0 Å². The van der Waals surface area contributed by atoms with E-state index in [1.165, 1.54) is 5.56 Å². The summed E-state index contributed by atoms with van der Waals surface area (Å²) in [5, 5.41) is 3.13. The van der Waals surface area contributed by atoms with Crippen molar-refractivity contribution in [3.8, 4) is 5.75 Å². The molecule has 1 aliphatic heterocycles. The summed E-state index contributed by atoms with van der Waals surface area (Å²) in [5.41, 5.74) is 3.49. The summed E-state index contributed by atoms with van der Waals surface area (Å²) in [7, 11) is 0. The zero-order valence-electron chi connectivity index (χ0n) is 15.9. The van der Waals surface area contributed by atoms with Crippen molar-refractivity contribution < 1.29 is 9.53 Å². The first-order valence-electron chi connectivity index (χ1n) is 9.39. The van der Waals surface area contributed by atoms with Gasteiger partial charge in [-0.3, -0.25) is 4.79 Å². The molecule has 6 heteroatoms. The summed E-state index contributed by atoms with van der Waals surface area (Å²) in [6.07, 6.45) is 4.00. The molecule has 0 bridgehead atoms. The van der Waals surface area contributed by atoms with Gasteiger partial charge in [-0.15, -0.1) is 0 Å². The third kappa shape index (κ3) is 3.53. The standard InChI is InChI=1S/C22H22N4O2/c1-3-28-19-10-8-18(9-11-19)25-22-23-13-17(14-24-22)21(27)26-15(2)12-16-6-4-5-7-20(16)26/h4-11,13-15H,3,12H2,1-2H3,(H,23,24,25). The minimum Gasteiger partial charge on any atom is -0.494 e. The van der Waals surface area contributed by atoms with Gasteiger partial charge in [0, 0.05) is 29.8 Å². The zero-order chi connectivity index (χ0) is 19.5. The van der Waals surface area contributed by atoms with Crippen molar-refractivity contribution in [3.05, 3.63) is 72.1 Å². The molecule has 1 aliphatic rings. The van der Waals surface area contributed by atoms with Crippen LogP contribution in [0.3, 0.4) is 0 Å². The molecule has 1 atom stereocenters. The number of amides is 1. The minimum absolute atomic E-state index is 0.0786. The molecule has 0 radical (unpaired) electrons. The maximum Gasteiger partial charge on any atom is 0.261 e. The summed E-state index contributed by atoms with van der Waals surface area (Å²) in [5.74, 6) is 1.18. The molecule has 0 saturated carbocycles. The molecular weight excluding hydrogens is 352 g/mol. The maximum atomic E-state index is 13.0. The number of nitrogens with one attached hydrogen (secondary N) is 1. The lowest BCUT2D eigenvalue weighted by Gasteiger charge is -2.22. The van der Waals surface area contributed by atoms with Crippen LogP contribution in [0.2, 0.25) is 0 Å². The van der Waals surface area contributed by atoms with E-state index in [9.17, 15) is 4.79 Å². The molecule has 4 rings (SSSR count). The van der Waals surface area contributed by atoms with Crippen molar-refractivity contribution in [2.24, 2.45) is 0 Å². The number of carbonyl (C=O) groups is 1. The van der Waals surface area contributed by atoms with E-state index < -0.39 is 0 Å². The van der Waals surface area contributed by atoms with Crippen molar-refractivity contribution >= 4 is 23.2 Å². The van der Waals surface area contributed by atoms with E-state index in [0.717, 1.165) is 23.5 Å². The summed E-state index contributed by atoms with van der Waals surface area (Å²) >= 11 is 0. The van der Waals surface area contributed by atoms with Gasteiger partial charge < -0.3 is 15.0 Å². The Labute approximate surface area is 164 Å². The molecule has 1 aromatic heterocycles. The van der Waals surface area contributed by atoms with Crippen LogP contribution in [-0.2, 0) is 6.42 Å². The second kappa shape index (κ2) is 7.68. The van der Waals surface area contributed by atoms with Gasteiger partial charge in [0.2, 0.25) is 5.95 Å². The molecule has 3 aromatic rings. The molecule has 0 aliphatic carbocycles. The molecule has 0 spiro atoms. The Bertz CT molecular complexity index is 971. The van der Waals surface area contributed by atoms with Crippen LogP contribution in [0.4, 0.5) is 17.3 Å². The molecule has 2 aromatic carbocycles. The number of hydrogen-bond acceptors (Lipinski definition) is 5. The Kier molecular flexibility index (Phi) is 4.93. The van der Waals surface area contributed by atoms with Crippen LogP contribution in [0.5, 0.6) is 5.75 Å². The lowest BCUT2D eigenvalue weighted by atomic mass is 10.1. The van der Waals surface area contributed by atoms with Crippen LogP contribution in [0.15, 0.2) is 60.9 Å². The van der Waals surface area contributed by atoms with Gasteiger partial charge in [0.25, 0.3) is 5.91 Å². The van der Waals surface area contributed by atoms with Crippen LogP contribution >= 0.6 is 0 Å². The van der Waals surface area contributed by atoms with E-state index in [4.69, 9.17) is 4.74 Å². The number of fused-ring (bicyclic) bond motifs is 1. The third-order valence-corrected chi connectivity index (χ3v) is 4.75. The molecule has 1 N–H and O–H groups in total. The van der Waals surface area contributed by atoms with E-state index in [0.29, 0.717) is 18.1 Å². The number of benzene rings is 2. The minimum atomic E-state index is -0.0786. The van der Waals surface area contributed by atoms with Gasteiger partial charge >= 0.3 is 0 Å². The number of para-hydroxylation sites is 1. The Morgan fingerprint density at radius 2 is 1.86 bits per heavy atom. The Morgan fingerprint density at radius 3 is 2.57 bits per heavy atom. The quantitative estimate of drug-likeness (QED) is 0.725. The second-order valence-electron chi connectivity index (χ2n) is 6.73. The number of ether oxygens (including phenoxy) is 1. The predicted octanol–water partition coefficient (Wildman–Crippen LogP) is 4.21. The number of rotatable bonds is 5. The van der Waals surface area contributed by atoms with Gasteiger partial charge in [-0.2, -0.15) is 0 Å². The highest BCUT2D eigenvalue weighted by molar-refractivity contribution is 6.07. The zero-order valence-corrected chi connectivity index (χ0v) is 15.9. The SMILES string of the molecule is CCOc1ccc(Nc2ncc(C(=O)N3c4ccccc4CC3C)cn2)cc1. The van der Waals surface area contributed by atoms with Gasteiger partial charge in [-0.1, -0.05) is 18.2 Å². The fourth-order valence-corrected chi connectivity index (χ4v) is 3.45. The normalized spacial score (nSPS) is 15.2. The van der Waals surface area contributed by atoms with Crippen LogP contribution in [0.25, 0.3) is 0 Å². The molecule has 28 heavy (non-hydrogen) atoms. The summed E-state index contributed by atoms with van der Waals surface area (Å²) < 4.78 is 5.43. The Hall–Kier alpha value is -3.41. The lowest BCUT2D eigenvalue weighted by Crippen LogP contribution is -2.35. The topological polar surface area (TPSA) is 67.3 Å². The first-order chi connectivity index (χ1) is 13.7. The summed E-state index contributed by atoms with van der Waals surface area (Å²) in [6.45, 7) is 4.64. The van der Waals surface area contributed by atoms with Crippen molar-refractivity contribution in [3.63, 3.8) is 0 Å². The van der Waals surface area contributed by atoms with Crippen LogP contribution in [0, 0.1) is 0 Å². The molecule has 6 nitrogen and oxygen atoms in total.